The van der Waals surface area contributed by atoms with Gasteiger partial charge in [0.1, 0.15) is 6.04 Å². The third-order valence-electron chi connectivity index (χ3n) is 2.24. The van der Waals surface area contributed by atoms with Crippen molar-refractivity contribution in [3.8, 4) is 0 Å². The molecule has 1 heterocycles. The van der Waals surface area contributed by atoms with Crippen LogP contribution in [0.2, 0.25) is 0 Å². The van der Waals surface area contributed by atoms with Crippen molar-refractivity contribution in [3.63, 3.8) is 0 Å². The number of carboxylic acids is 1. The Morgan fingerprint density at radius 2 is 2.25 bits per heavy atom. The Morgan fingerprint density at radius 1 is 1.62 bits per heavy atom. The fraction of sp³-hybridized carbons (Fsp3) is 0.500. The van der Waals surface area contributed by atoms with E-state index in [9.17, 15) is 9.59 Å². The quantitative estimate of drug-likeness (QED) is 0.773. The lowest BCUT2D eigenvalue weighted by molar-refractivity contribution is -0.139. The van der Waals surface area contributed by atoms with E-state index in [1.807, 2.05) is 0 Å². The molecule has 6 nitrogen and oxygen atoms in total. The van der Waals surface area contributed by atoms with Crippen molar-refractivity contribution in [1.29, 1.82) is 0 Å². The Bertz CT molecular complexity index is 411. The molecule has 6 heteroatoms. The highest BCUT2D eigenvalue weighted by atomic mass is 16.4. The van der Waals surface area contributed by atoms with Crippen LogP contribution in [0.25, 0.3) is 0 Å². The smallest absolute Gasteiger partial charge is 0.326 e. The molecule has 1 atom stereocenters. The highest BCUT2D eigenvalue weighted by molar-refractivity contribution is 5.96. The number of aryl methyl sites for hydroxylation is 2. The van der Waals surface area contributed by atoms with Gasteiger partial charge in [-0.2, -0.15) is 5.10 Å². The van der Waals surface area contributed by atoms with Gasteiger partial charge >= 0.3 is 5.97 Å². The van der Waals surface area contributed by atoms with Crippen molar-refractivity contribution in [2.45, 2.75) is 26.3 Å². The van der Waals surface area contributed by atoms with Crippen molar-refractivity contribution in [1.82, 2.24) is 15.1 Å². The number of carboxylic acid groups (broad SMARTS) is 1. The second-order valence-corrected chi connectivity index (χ2v) is 3.61. The molecule has 1 rings (SSSR count). The highest BCUT2D eigenvalue weighted by Gasteiger charge is 2.21. The van der Waals surface area contributed by atoms with Gasteiger partial charge in [0, 0.05) is 18.8 Å². The predicted molar refractivity (Wildman–Crippen MR) is 57.1 cm³/mol. The van der Waals surface area contributed by atoms with E-state index >= 15 is 0 Å². The summed E-state index contributed by atoms with van der Waals surface area (Å²) in [7, 11) is 1.71. The molecule has 0 fully saturated rings. The summed E-state index contributed by atoms with van der Waals surface area (Å²) in [6, 6.07) is -0.867. The molecule has 0 saturated carbocycles. The Kier molecular flexibility index (Phi) is 3.65. The zero-order valence-corrected chi connectivity index (χ0v) is 9.52. The predicted octanol–water partition coefficient (Wildman–Crippen LogP) is 0.322. The fourth-order valence-corrected chi connectivity index (χ4v) is 1.40. The van der Waals surface area contributed by atoms with Crippen molar-refractivity contribution in [2.24, 2.45) is 7.05 Å². The summed E-state index contributed by atoms with van der Waals surface area (Å²) in [5.41, 5.74) is 0.988. The first-order valence-corrected chi connectivity index (χ1v) is 4.99. The summed E-state index contributed by atoms with van der Waals surface area (Å²) in [6.07, 6.45) is 2.05. The van der Waals surface area contributed by atoms with Crippen molar-refractivity contribution in [3.05, 3.63) is 17.5 Å². The Hall–Kier alpha value is -1.85. The number of hydrogen-bond donors (Lipinski definition) is 2. The maximum atomic E-state index is 11.7. The molecule has 88 valence electrons. The molecule has 0 aliphatic carbocycles. The van der Waals surface area contributed by atoms with Gasteiger partial charge in [0.05, 0.1) is 0 Å². The Labute approximate surface area is 93.3 Å². The number of rotatable bonds is 4. The van der Waals surface area contributed by atoms with Crippen LogP contribution >= 0.6 is 0 Å². The van der Waals surface area contributed by atoms with Crippen LogP contribution in [0.5, 0.6) is 0 Å². The summed E-state index contributed by atoms with van der Waals surface area (Å²) in [5.74, 6) is -1.49. The molecule has 0 bridgehead atoms. The summed E-state index contributed by atoms with van der Waals surface area (Å²) in [5, 5.41) is 15.2. The zero-order chi connectivity index (χ0) is 12.3. The van der Waals surface area contributed by atoms with Crippen LogP contribution in [0.3, 0.4) is 0 Å². The van der Waals surface area contributed by atoms with E-state index in [0.29, 0.717) is 6.42 Å². The highest BCUT2D eigenvalue weighted by Crippen LogP contribution is 2.04. The van der Waals surface area contributed by atoms with Gasteiger partial charge in [0.2, 0.25) is 0 Å². The van der Waals surface area contributed by atoms with E-state index in [4.69, 9.17) is 5.11 Å². The summed E-state index contributed by atoms with van der Waals surface area (Å²) < 4.78 is 1.52. The van der Waals surface area contributed by atoms with Crippen LogP contribution in [-0.4, -0.2) is 32.8 Å². The standard InChI is InChI=1S/C10H15N3O3/c1-4-7(10(15)16)11-9(14)8-6(2)5-13(3)12-8/h5,7H,4H2,1-3H3,(H,11,14)(H,15,16). The molecule has 0 aliphatic heterocycles. The minimum absolute atomic E-state index is 0.266. The molecule has 1 amide bonds. The van der Waals surface area contributed by atoms with E-state index in [0.717, 1.165) is 5.56 Å². The summed E-state index contributed by atoms with van der Waals surface area (Å²) >= 11 is 0. The van der Waals surface area contributed by atoms with Crippen molar-refractivity contribution >= 4 is 11.9 Å². The van der Waals surface area contributed by atoms with Gasteiger partial charge < -0.3 is 10.4 Å². The van der Waals surface area contributed by atoms with Gasteiger partial charge in [-0.1, -0.05) is 6.92 Å². The molecule has 1 aromatic rings. The first kappa shape index (κ1) is 12.2. The third kappa shape index (κ3) is 2.59. The van der Waals surface area contributed by atoms with Crippen LogP contribution < -0.4 is 5.32 Å². The average Bonchev–Trinajstić information content (AvgIpc) is 2.53. The average molecular weight is 225 g/mol. The second kappa shape index (κ2) is 4.78. The fourth-order valence-electron chi connectivity index (χ4n) is 1.40. The molecule has 0 aromatic carbocycles. The summed E-state index contributed by atoms with van der Waals surface area (Å²) in [4.78, 5) is 22.4. The van der Waals surface area contributed by atoms with Crippen LogP contribution in [0.1, 0.15) is 29.4 Å². The molecule has 0 radical (unpaired) electrons. The van der Waals surface area contributed by atoms with Crippen molar-refractivity contribution < 1.29 is 14.7 Å². The van der Waals surface area contributed by atoms with Crippen LogP contribution in [0.15, 0.2) is 6.20 Å². The van der Waals surface area contributed by atoms with Crippen LogP contribution in [0.4, 0.5) is 0 Å². The van der Waals surface area contributed by atoms with Gasteiger partial charge in [-0.05, 0) is 13.3 Å². The number of hydrogen-bond acceptors (Lipinski definition) is 3. The lowest BCUT2D eigenvalue weighted by Crippen LogP contribution is -2.40. The summed E-state index contributed by atoms with van der Waals surface area (Å²) in [6.45, 7) is 3.45. The third-order valence-corrected chi connectivity index (χ3v) is 2.24. The van der Waals surface area contributed by atoms with E-state index in [2.05, 4.69) is 10.4 Å². The van der Waals surface area contributed by atoms with Gasteiger partial charge in [-0.15, -0.1) is 0 Å². The lowest BCUT2D eigenvalue weighted by Gasteiger charge is -2.11. The first-order valence-electron chi connectivity index (χ1n) is 4.99. The number of carbonyl (C=O) groups is 2. The number of amides is 1. The minimum atomic E-state index is -1.04. The molecule has 1 unspecified atom stereocenters. The molecule has 16 heavy (non-hydrogen) atoms. The maximum absolute atomic E-state index is 11.7. The van der Waals surface area contributed by atoms with Gasteiger partial charge in [0.15, 0.2) is 5.69 Å². The van der Waals surface area contributed by atoms with Gasteiger partial charge in [0.25, 0.3) is 5.91 Å². The number of aliphatic carboxylic acids is 1. The monoisotopic (exact) mass is 225 g/mol. The van der Waals surface area contributed by atoms with E-state index in [-0.39, 0.29) is 5.69 Å². The van der Waals surface area contributed by atoms with Crippen LogP contribution in [0, 0.1) is 6.92 Å². The van der Waals surface area contributed by atoms with E-state index in [1.54, 1.807) is 27.1 Å². The van der Waals surface area contributed by atoms with Crippen molar-refractivity contribution in [2.75, 3.05) is 0 Å². The molecule has 0 saturated heterocycles. The normalized spacial score (nSPS) is 12.2. The first-order chi connectivity index (χ1) is 7.45. The molecule has 0 aliphatic rings. The van der Waals surface area contributed by atoms with Crippen LogP contribution in [-0.2, 0) is 11.8 Å². The second-order valence-electron chi connectivity index (χ2n) is 3.61. The number of carbonyl (C=O) groups excluding carboxylic acids is 1. The lowest BCUT2D eigenvalue weighted by atomic mass is 10.2. The maximum Gasteiger partial charge on any atom is 0.326 e. The molecule has 1 aromatic heterocycles. The topological polar surface area (TPSA) is 84.2 Å². The van der Waals surface area contributed by atoms with Gasteiger partial charge in [-0.3, -0.25) is 9.48 Å². The van der Waals surface area contributed by atoms with E-state index in [1.165, 1.54) is 4.68 Å². The van der Waals surface area contributed by atoms with E-state index < -0.39 is 17.9 Å². The van der Waals surface area contributed by atoms with Gasteiger partial charge in [-0.25, -0.2) is 4.79 Å². The molecular weight excluding hydrogens is 210 g/mol. The zero-order valence-electron chi connectivity index (χ0n) is 9.52. The Balaban J connectivity index is 2.79. The molecular formula is C10H15N3O3. The SMILES string of the molecule is CCC(NC(=O)c1nn(C)cc1C)C(=O)O. The number of nitrogens with one attached hydrogen (secondary N) is 1. The Morgan fingerprint density at radius 3 is 2.62 bits per heavy atom. The molecule has 2 N–H and O–H groups in total. The largest absolute Gasteiger partial charge is 0.480 e. The minimum Gasteiger partial charge on any atom is -0.480 e. The number of nitrogens with zero attached hydrogens (tertiary/aromatic N) is 2. The molecule has 0 spiro atoms. The number of aromatic nitrogens is 2.